The lowest BCUT2D eigenvalue weighted by Gasteiger charge is -2.30. The molecule has 1 aromatic rings. The number of carbonyl (C=O) groups is 1. The van der Waals surface area contributed by atoms with Crippen LogP contribution in [0.2, 0.25) is 0 Å². The molecule has 5 heteroatoms. The molecule has 1 aromatic heterocycles. The highest BCUT2D eigenvalue weighted by Gasteiger charge is 2.25. The van der Waals surface area contributed by atoms with Gasteiger partial charge in [0.2, 0.25) is 0 Å². The lowest BCUT2D eigenvalue weighted by Crippen LogP contribution is -2.37. The number of hydrogen-bond acceptors (Lipinski definition) is 3. The zero-order valence-corrected chi connectivity index (χ0v) is 11.4. The summed E-state index contributed by atoms with van der Waals surface area (Å²) >= 11 is 0. The third-order valence-corrected chi connectivity index (χ3v) is 3.69. The molecule has 1 heterocycles. The minimum atomic E-state index is -0.0282. The van der Waals surface area contributed by atoms with Gasteiger partial charge in [0.25, 0.3) is 5.91 Å². The Hall–Kier alpha value is -1.33. The van der Waals surface area contributed by atoms with E-state index in [0.717, 1.165) is 12.8 Å². The lowest BCUT2D eigenvalue weighted by atomic mass is 9.93. The molecule has 1 aliphatic rings. The summed E-state index contributed by atoms with van der Waals surface area (Å²) in [6.45, 7) is 1.30. The van der Waals surface area contributed by atoms with Gasteiger partial charge >= 0.3 is 0 Å². The SMILES string of the molecule is COCCN(CCO)C(=O)c1cccn1C1CCC1. The van der Waals surface area contributed by atoms with Crippen LogP contribution in [0.1, 0.15) is 35.8 Å². The van der Waals surface area contributed by atoms with Crippen molar-refractivity contribution in [2.45, 2.75) is 25.3 Å². The molecule has 0 bridgehead atoms. The molecule has 1 aliphatic carbocycles. The highest BCUT2D eigenvalue weighted by molar-refractivity contribution is 5.92. The van der Waals surface area contributed by atoms with Crippen LogP contribution in [0, 0.1) is 0 Å². The molecule has 0 spiro atoms. The number of amides is 1. The first-order valence-electron chi connectivity index (χ1n) is 6.84. The zero-order valence-electron chi connectivity index (χ0n) is 11.4. The van der Waals surface area contributed by atoms with Crippen molar-refractivity contribution in [1.29, 1.82) is 0 Å². The molecule has 106 valence electrons. The van der Waals surface area contributed by atoms with Gasteiger partial charge < -0.3 is 19.3 Å². The van der Waals surface area contributed by atoms with Crippen LogP contribution in [-0.2, 0) is 4.74 Å². The number of nitrogens with zero attached hydrogens (tertiary/aromatic N) is 2. The number of aliphatic hydroxyl groups excluding tert-OH is 1. The van der Waals surface area contributed by atoms with Crippen molar-refractivity contribution in [3.63, 3.8) is 0 Å². The number of methoxy groups -OCH3 is 1. The summed E-state index contributed by atoms with van der Waals surface area (Å²) in [6.07, 6.45) is 5.51. The van der Waals surface area contributed by atoms with Gasteiger partial charge in [0, 0.05) is 32.4 Å². The average Bonchev–Trinajstić information content (AvgIpc) is 2.80. The maximum Gasteiger partial charge on any atom is 0.270 e. The third-order valence-electron chi connectivity index (χ3n) is 3.69. The first-order chi connectivity index (χ1) is 9.27. The fraction of sp³-hybridized carbons (Fsp3) is 0.643. The largest absolute Gasteiger partial charge is 0.395 e. The van der Waals surface area contributed by atoms with Crippen LogP contribution in [0.4, 0.5) is 0 Å². The maximum absolute atomic E-state index is 12.5. The number of ether oxygens (including phenoxy) is 1. The second-order valence-electron chi connectivity index (χ2n) is 4.89. The maximum atomic E-state index is 12.5. The number of aliphatic hydroxyl groups is 1. The van der Waals surface area contributed by atoms with Gasteiger partial charge in [-0.3, -0.25) is 4.79 Å². The minimum absolute atomic E-state index is 0.0250. The van der Waals surface area contributed by atoms with Gasteiger partial charge in [0.15, 0.2) is 0 Å². The third kappa shape index (κ3) is 3.16. The van der Waals surface area contributed by atoms with Crippen molar-refractivity contribution in [2.24, 2.45) is 0 Å². The summed E-state index contributed by atoms with van der Waals surface area (Å²) in [5, 5.41) is 9.08. The Morgan fingerprint density at radius 1 is 1.53 bits per heavy atom. The van der Waals surface area contributed by atoms with Crippen molar-refractivity contribution < 1.29 is 14.6 Å². The molecule has 1 fully saturated rings. The van der Waals surface area contributed by atoms with Gasteiger partial charge in [-0.15, -0.1) is 0 Å². The van der Waals surface area contributed by atoms with E-state index in [9.17, 15) is 4.79 Å². The quantitative estimate of drug-likeness (QED) is 0.809. The van der Waals surface area contributed by atoms with Crippen molar-refractivity contribution in [3.8, 4) is 0 Å². The van der Waals surface area contributed by atoms with Crippen molar-refractivity contribution in [2.75, 3.05) is 33.4 Å². The molecule has 19 heavy (non-hydrogen) atoms. The van der Waals surface area contributed by atoms with Gasteiger partial charge in [-0.2, -0.15) is 0 Å². The van der Waals surface area contributed by atoms with Crippen molar-refractivity contribution in [3.05, 3.63) is 24.0 Å². The Morgan fingerprint density at radius 3 is 2.89 bits per heavy atom. The van der Waals surface area contributed by atoms with Crippen LogP contribution < -0.4 is 0 Å². The fourth-order valence-corrected chi connectivity index (χ4v) is 2.36. The summed E-state index contributed by atoms with van der Waals surface area (Å²) < 4.78 is 7.09. The molecule has 1 N–H and O–H groups in total. The van der Waals surface area contributed by atoms with Gasteiger partial charge in [0.05, 0.1) is 13.2 Å². The Morgan fingerprint density at radius 2 is 2.32 bits per heavy atom. The van der Waals surface area contributed by atoms with Gasteiger partial charge in [-0.05, 0) is 31.4 Å². The topological polar surface area (TPSA) is 54.7 Å². The van der Waals surface area contributed by atoms with Crippen LogP contribution in [0.25, 0.3) is 0 Å². The van der Waals surface area contributed by atoms with Crippen LogP contribution in [0.5, 0.6) is 0 Å². The summed E-state index contributed by atoms with van der Waals surface area (Å²) in [4.78, 5) is 14.2. The van der Waals surface area contributed by atoms with Gasteiger partial charge in [0.1, 0.15) is 5.69 Å². The summed E-state index contributed by atoms with van der Waals surface area (Å²) in [5.74, 6) is -0.0250. The van der Waals surface area contributed by atoms with Crippen molar-refractivity contribution >= 4 is 5.91 Å². The molecule has 0 radical (unpaired) electrons. The van der Waals surface area contributed by atoms with E-state index in [4.69, 9.17) is 9.84 Å². The van der Waals surface area contributed by atoms with E-state index in [1.54, 1.807) is 12.0 Å². The molecular formula is C14H22N2O3. The highest BCUT2D eigenvalue weighted by Crippen LogP contribution is 2.32. The monoisotopic (exact) mass is 266 g/mol. The van der Waals surface area contributed by atoms with E-state index in [-0.39, 0.29) is 12.5 Å². The average molecular weight is 266 g/mol. The van der Waals surface area contributed by atoms with E-state index in [1.165, 1.54) is 6.42 Å². The zero-order chi connectivity index (χ0) is 13.7. The number of rotatable bonds is 7. The first-order valence-corrected chi connectivity index (χ1v) is 6.84. The van der Waals surface area contributed by atoms with Crippen LogP contribution in [0.15, 0.2) is 18.3 Å². The normalized spacial score (nSPS) is 15.3. The smallest absolute Gasteiger partial charge is 0.270 e. The molecule has 5 nitrogen and oxygen atoms in total. The van der Waals surface area contributed by atoms with E-state index < -0.39 is 0 Å². The molecular weight excluding hydrogens is 244 g/mol. The van der Waals surface area contributed by atoms with E-state index in [2.05, 4.69) is 4.57 Å². The molecule has 0 unspecified atom stereocenters. The predicted octanol–water partition coefficient (Wildman–Crippen LogP) is 1.29. The molecule has 0 aromatic carbocycles. The number of carbonyl (C=O) groups excluding carboxylic acids is 1. The van der Waals surface area contributed by atoms with Crippen LogP contribution in [0.3, 0.4) is 0 Å². The van der Waals surface area contributed by atoms with E-state index in [1.807, 2.05) is 18.3 Å². The summed E-state index contributed by atoms with van der Waals surface area (Å²) in [6, 6.07) is 4.24. The predicted molar refractivity (Wildman–Crippen MR) is 72.2 cm³/mol. The second kappa shape index (κ2) is 6.73. The van der Waals surface area contributed by atoms with Crippen LogP contribution in [-0.4, -0.2) is 53.9 Å². The molecule has 2 rings (SSSR count). The standard InChI is InChI=1S/C14H22N2O3/c1-19-11-9-15(8-10-17)14(18)13-6-3-7-16(13)12-4-2-5-12/h3,6-7,12,17H,2,4-5,8-11H2,1H3. The Bertz CT molecular complexity index is 413. The summed E-state index contributed by atoms with van der Waals surface area (Å²) in [7, 11) is 1.61. The second-order valence-corrected chi connectivity index (χ2v) is 4.89. The molecule has 0 aliphatic heterocycles. The van der Waals surface area contributed by atoms with Gasteiger partial charge in [-0.25, -0.2) is 0 Å². The lowest BCUT2D eigenvalue weighted by molar-refractivity contribution is 0.0640. The molecule has 1 saturated carbocycles. The van der Waals surface area contributed by atoms with Gasteiger partial charge in [-0.1, -0.05) is 0 Å². The minimum Gasteiger partial charge on any atom is -0.395 e. The Labute approximate surface area is 113 Å². The van der Waals surface area contributed by atoms with Crippen LogP contribution >= 0.6 is 0 Å². The summed E-state index contributed by atoms with van der Waals surface area (Å²) in [5.41, 5.74) is 0.717. The number of aromatic nitrogens is 1. The Kier molecular flexibility index (Phi) is 4.99. The van der Waals surface area contributed by atoms with Crippen molar-refractivity contribution in [1.82, 2.24) is 9.47 Å². The molecule has 0 atom stereocenters. The first kappa shape index (κ1) is 14.1. The van der Waals surface area contributed by atoms with E-state index >= 15 is 0 Å². The number of hydrogen-bond donors (Lipinski definition) is 1. The molecule has 0 saturated heterocycles. The van der Waals surface area contributed by atoms with E-state index in [0.29, 0.717) is 31.4 Å². The fourth-order valence-electron chi connectivity index (χ4n) is 2.36. The molecule has 1 amide bonds. The Balaban J connectivity index is 2.09. The highest BCUT2D eigenvalue weighted by atomic mass is 16.5.